The number of halogens is 5. The Balaban J connectivity index is 1.35. The normalized spacial score (nSPS) is 15.1. The van der Waals surface area contributed by atoms with Crippen molar-refractivity contribution in [2.24, 2.45) is 0 Å². The first-order valence-electron chi connectivity index (χ1n) is 9.85. The van der Waals surface area contributed by atoms with Crippen molar-refractivity contribution in [3.8, 4) is 11.4 Å². The van der Waals surface area contributed by atoms with Crippen LogP contribution in [0.2, 0.25) is 0 Å². The Morgan fingerprint density at radius 1 is 1.00 bits per heavy atom. The molecule has 0 bridgehead atoms. The maximum atomic E-state index is 13.8. The molecule has 32 heavy (non-hydrogen) atoms. The number of piperidine rings is 1. The van der Waals surface area contributed by atoms with Gasteiger partial charge < -0.3 is 9.64 Å². The average Bonchev–Trinajstić information content (AvgIpc) is 3.27. The third-order valence-corrected chi connectivity index (χ3v) is 5.18. The van der Waals surface area contributed by atoms with Crippen LogP contribution in [0.15, 0.2) is 54.7 Å². The number of alkyl halides is 3. The predicted molar refractivity (Wildman–Crippen MR) is 104 cm³/mol. The summed E-state index contributed by atoms with van der Waals surface area (Å²) in [5, 5.41) is 3.50. The minimum Gasteiger partial charge on any atom is -0.487 e. The van der Waals surface area contributed by atoms with Gasteiger partial charge in [-0.15, -0.1) is 0 Å². The van der Waals surface area contributed by atoms with Crippen LogP contribution in [0, 0.1) is 11.6 Å². The highest BCUT2D eigenvalue weighted by Gasteiger charge is 2.33. The molecule has 0 saturated carbocycles. The quantitative estimate of drug-likeness (QED) is 0.533. The number of nitrogens with zero attached hydrogens (tertiary/aromatic N) is 3. The number of amides is 1. The highest BCUT2D eigenvalue weighted by atomic mass is 19.4. The smallest absolute Gasteiger partial charge is 0.435 e. The van der Waals surface area contributed by atoms with E-state index >= 15 is 0 Å². The fourth-order valence-electron chi connectivity index (χ4n) is 3.49. The van der Waals surface area contributed by atoms with Crippen molar-refractivity contribution in [1.82, 2.24) is 14.7 Å². The zero-order valence-electron chi connectivity index (χ0n) is 16.6. The number of ether oxygens (including phenoxy) is 1. The molecule has 1 amide bonds. The second-order valence-electron chi connectivity index (χ2n) is 7.37. The molecular formula is C22H18F5N3O2. The number of hydrogen-bond acceptors (Lipinski definition) is 3. The molecule has 5 nitrogen and oxygen atoms in total. The summed E-state index contributed by atoms with van der Waals surface area (Å²) >= 11 is 0. The Morgan fingerprint density at radius 3 is 2.28 bits per heavy atom. The average molecular weight is 451 g/mol. The lowest BCUT2D eigenvalue weighted by Crippen LogP contribution is -2.41. The van der Waals surface area contributed by atoms with Crippen molar-refractivity contribution in [3.63, 3.8) is 0 Å². The number of likely N-dealkylation sites (tertiary alicyclic amines) is 1. The van der Waals surface area contributed by atoms with Gasteiger partial charge in [0, 0.05) is 43.8 Å². The maximum Gasteiger partial charge on any atom is 0.435 e. The lowest BCUT2D eigenvalue weighted by Gasteiger charge is -2.32. The third kappa shape index (κ3) is 4.74. The monoisotopic (exact) mass is 451 g/mol. The molecular weight excluding hydrogens is 433 g/mol. The van der Waals surface area contributed by atoms with E-state index in [1.54, 1.807) is 4.90 Å². The first-order valence-corrected chi connectivity index (χ1v) is 9.85. The van der Waals surface area contributed by atoms with Gasteiger partial charge in [0.25, 0.3) is 5.91 Å². The lowest BCUT2D eigenvalue weighted by atomic mass is 10.1. The zero-order valence-corrected chi connectivity index (χ0v) is 16.6. The van der Waals surface area contributed by atoms with Crippen LogP contribution in [0.4, 0.5) is 22.0 Å². The molecule has 2 aromatic carbocycles. The summed E-state index contributed by atoms with van der Waals surface area (Å²) in [4.78, 5) is 14.4. The van der Waals surface area contributed by atoms with Crippen molar-refractivity contribution < 1.29 is 31.5 Å². The van der Waals surface area contributed by atoms with Gasteiger partial charge in [0.2, 0.25) is 0 Å². The van der Waals surface area contributed by atoms with Crippen LogP contribution in [-0.2, 0) is 6.18 Å². The number of carbonyl (C=O) groups excluding carboxylic acids is 1. The Morgan fingerprint density at radius 2 is 1.69 bits per heavy atom. The molecule has 0 radical (unpaired) electrons. The molecule has 1 aliphatic heterocycles. The summed E-state index contributed by atoms with van der Waals surface area (Å²) in [5.74, 6) is -1.71. The molecule has 1 saturated heterocycles. The van der Waals surface area contributed by atoms with Gasteiger partial charge in [-0.25, -0.2) is 13.5 Å². The van der Waals surface area contributed by atoms with Gasteiger partial charge in [0.15, 0.2) is 17.3 Å². The molecule has 0 spiro atoms. The van der Waals surface area contributed by atoms with E-state index in [0.717, 1.165) is 22.9 Å². The molecule has 10 heteroatoms. The van der Waals surface area contributed by atoms with Gasteiger partial charge in [0.1, 0.15) is 11.9 Å². The van der Waals surface area contributed by atoms with Crippen LogP contribution < -0.4 is 4.74 Å². The summed E-state index contributed by atoms with van der Waals surface area (Å²) < 4.78 is 71.6. The summed E-state index contributed by atoms with van der Waals surface area (Å²) in [6, 6.07) is 10.1. The first-order chi connectivity index (χ1) is 15.2. The Labute approximate surface area is 180 Å². The number of rotatable bonds is 4. The third-order valence-electron chi connectivity index (χ3n) is 5.18. The minimum absolute atomic E-state index is 0.0286. The molecule has 0 aliphatic carbocycles. The van der Waals surface area contributed by atoms with Gasteiger partial charge in [-0.3, -0.25) is 4.79 Å². The molecule has 1 fully saturated rings. The van der Waals surface area contributed by atoms with Crippen LogP contribution in [0.25, 0.3) is 5.69 Å². The lowest BCUT2D eigenvalue weighted by molar-refractivity contribution is -0.141. The van der Waals surface area contributed by atoms with Gasteiger partial charge in [-0.05, 0) is 42.5 Å². The van der Waals surface area contributed by atoms with Crippen molar-refractivity contribution >= 4 is 5.91 Å². The van der Waals surface area contributed by atoms with Crippen molar-refractivity contribution in [1.29, 1.82) is 0 Å². The van der Waals surface area contributed by atoms with Gasteiger partial charge >= 0.3 is 6.18 Å². The molecule has 1 aromatic heterocycles. The highest BCUT2D eigenvalue weighted by molar-refractivity contribution is 5.94. The van der Waals surface area contributed by atoms with Crippen molar-refractivity contribution in [2.45, 2.75) is 25.1 Å². The van der Waals surface area contributed by atoms with Crippen molar-refractivity contribution in [3.05, 3.63) is 77.6 Å². The molecule has 0 N–H and O–H groups in total. The standard InChI is InChI=1S/C22H18F5N3O2/c23-15-3-6-19(18(24)13-15)32-17-7-10-29(11-8-17)21(31)14-1-4-16(5-2-14)30-12-9-20(28-30)22(25,26)27/h1-6,9,12-13,17H,7-8,10-11H2. The van der Waals surface area contributed by atoms with Crippen LogP contribution in [-0.4, -0.2) is 39.8 Å². The Bertz CT molecular complexity index is 1100. The fourth-order valence-corrected chi connectivity index (χ4v) is 3.49. The summed E-state index contributed by atoms with van der Waals surface area (Å²) in [6.07, 6.45) is -2.67. The van der Waals surface area contributed by atoms with E-state index in [0.29, 0.717) is 37.2 Å². The molecule has 0 atom stereocenters. The molecule has 3 aromatic rings. The minimum atomic E-state index is -4.53. The van der Waals surface area contributed by atoms with Gasteiger partial charge in [-0.2, -0.15) is 18.3 Å². The van der Waals surface area contributed by atoms with E-state index in [1.807, 2.05) is 0 Å². The van der Waals surface area contributed by atoms with Gasteiger partial charge in [-0.1, -0.05) is 0 Å². The van der Waals surface area contributed by atoms with E-state index in [9.17, 15) is 26.7 Å². The largest absolute Gasteiger partial charge is 0.487 e. The first kappa shape index (κ1) is 21.8. The summed E-state index contributed by atoms with van der Waals surface area (Å²) in [6.45, 7) is 0.782. The second-order valence-corrected chi connectivity index (χ2v) is 7.37. The van der Waals surface area contributed by atoms with Gasteiger partial charge in [0.05, 0.1) is 5.69 Å². The van der Waals surface area contributed by atoms with E-state index in [4.69, 9.17) is 4.74 Å². The Hall–Kier alpha value is -3.43. The number of carbonyl (C=O) groups is 1. The van der Waals surface area contributed by atoms with E-state index in [2.05, 4.69) is 5.10 Å². The summed E-state index contributed by atoms with van der Waals surface area (Å²) in [5.41, 5.74) is -0.213. The van der Waals surface area contributed by atoms with E-state index in [-0.39, 0.29) is 17.8 Å². The van der Waals surface area contributed by atoms with Crippen LogP contribution >= 0.6 is 0 Å². The predicted octanol–water partition coefficient (Wildman–Crippen LogP) is 4.85. The van der Waals surface area contributed by atoms with Crippen molar-refractivity contribution in [2.75, 3.05) is 13.1 Å². The van der Waals surface area contributed by atoms with Crippen LogP contribution in [0.1, 0.15) is 28.9 Å². The number of aromatic nitrogens is 2. The maximum absolute atomic E-state index is 13.8. The molecule has 2 heterocycles. The second kappa shape index (κ2) is 8.60. The summed E-state index contributed by atoms with van der Waals surface area (Å²) in [7, 11) is 0. The molecule has 168 valence electrons. The van der Waals surface area contributed by atoms with Crippen LogP contribution in [0.5, 0.6) is 5.75 Å². The highest BCUT2D eigenvalue weighted by Crippen LogP contribution is 2.28. The van der Waals surface area contributed by atoms with E-state index < -0.39 is 23.5 Å². The number of benzene rings is 2. The number of hydrogen-bond donors (Lipinski definition) is 0. The zero-order chi connectivity index (χ0) is 22.9. The van der Waals surface area contributed by atoms with E-state index in [1.165, 1.54) is 36.5 Å². The molecule has 1 aliphatic rings. The SMILES string of the molecule is O=C(c1ccc(-n2ccc(C(F)(F)F)n2)cc1)N1CCC(Oc2ccc(F)cc2F)CC1. The molecule has 4 rings (SSSR count). The fraction of sp³-hybridized carbons (Fsp3) is 0.273. The Kier molecular flexibility index (Phi) is 5.86. The van der Waals surface area contributed by atoms with Crippen LogP contribution in [0.3, 0.4) is 0 Å². The molecule has 0 unspecified atom stereocenters. The topological polar surface area (TPSA) is 47.4 Å².